The van der Waals surface area contributed by atoms with Crippen LogP contribution in [0.25, 0.3) is 0 Å². The van der Waals surface area contributed by atoms with E-state index in [9.17, 15) is 4.79 Å². The minimum atomic E-state index is 0.147. The van der Waals surface area contributed by atoms with Gasteiger partial charge in [0.25, 0.3) is 0 Å². The highest BCUT2D eigenvalue weighted by Crippen LogP contribution is 2.22. The SMILES string of the molecule is CCCC1CCN(CC2COCCC2=O)C1. The van der Waals surface area contributed by atoms with Gasteiger partial charge >= 0.3 is 0 Å². The Morgan fingerprint density at radius 1 is 1.50 bits per heavy atom. The summed E-state index contributed by atoms with van der Waals surface area (Å²) in [5, 5.41) is 0. The number of likely N-dealkylation sites (tertiary alicyclic amines) is 1. The normalized spacial score (nSPS) is 32.2. The van der Waals surface area contributed by atoms with Gasteiger partial charge in [0.15, 0.2) is 0 Å². The highest BCUT2D eigenvalue weighted by atomic mass is 16.5. The average molecular weight is 225 g/mol. The zero-order chi connectivity index (χ0) is 11.4. The van der Waals surface area contributed by atoms with Gasteiger partial charge in [-0.1, -0.05) is 13.3 Å². The topological polar surface area (TPSA) is 29.5 Å². The van der Waals surface area contributed by atoms with Gasteiger partial charge in [-0.15, -0.1) is 0 Å². The summed E-state index contributed by atoms with van der Waals surface area (Å²) in [5.74, 6) is 1.42. The lowest BCUT2D eigenvalue weighted by molar-refractivity contribution is -0.131. The van der Waals surface area contributed by atoms with E-state index in [1.807, 2.05) is 0 Å². The Hall–Kier alpha value is -0.410. The Morgan fingerprint density at radius 2 is 2.38 bits per heavy atom. The third-order valence-electron chi connectivity index (χ3n) is 3.81. The van der Waals surface area contributed by atoms with Crippen molar-refractivity contribution in [3.8, 4) is 0 Å². The standard InChI is InChI=1S/C13H23NO2/c1-2-3-11-4-6-14(8-11)9-12-10-16-7-5-13(12)15/h11-12H,2-10H2,1H3. The van der Waals surface area contributed by atoms with E-state index >= 15 is 0 Å². The summed E-state index contributed by atoms with van der Waals surface area (Å²) in [7, 11) is 0. The van der Waals surface area contributed by atoms with Crippen molar-refractivity contribution in [2.45, 2.75) is 32.6 Å². The highest BCUT2D eigenvalue weighted by Gasteiger charge is 2.28. The summed E-state index contributed by atoms with van der Waals surface area (Å²) in [5.41, 5.74) is 0. The van der Waals surface area contributed by atoms with Gasteiger partial charge in [0.2, 0.25) is 0 Å². The molecule has 0 radical (unpaired) electrons. The van der Waals surface area contributed by atoms with E-state index in [2.05, 4.69) is 11.8 Å². The maximum absolute atomic E-state index is 11.7. The molecule has 0 N–H and O–H groups in total. The number of ether oxygens (including phenoxy) is 1. The van der Waals surface area contributed by atoms with Crippen LogP contribution in [-0.4, -0.2) is 43.5 Å². The first kappa shape index (κ1) is 12.1. The lowest BCUT2D eigenvalue weighted by Gasteiger charge is -2.25. The summed E-state index contributed by atoms with van der Waals surface area (Å²) in [4.78, 5) is 14.1. The van der Waals surface area contributed by atoms with Crippen molar-refractivity contribution in [2.75, 3.05) is 32.8 Å². The third-order valence-corrected chi connectivity index (χ3v) is 3.81. The van der Waals surface area contributed by atoms with Crippen molar-refractivity contribution in [1.82, 2.24) is 4.90 Å². The maximum Gasteiger partial charge on any atom is 0.141 e. The van der Waals surface area contributed by atoms with Crippen LogP contribution in [0.1, 0.15) is 32.6 Å². The molecule has 3 heteroatoms. The Bertz CT molecular complexity index is 242. The number of hydrogen-bond donors (Lipinski definition) is 0. The van der Waals surface area contributed by atoms with E-state index < -0.39 is 0 Å². The van der Waals surface area contributed by atoms with Crippen LogP contribution in [-0.2, 0) is 9.53 Å². The van der Waals surface area contributed by atoms with E-state index in [0.29, 0.717) is 25.4 Å². The smallest absolute Gasteiger partial charge is 0.141 e. The van der Waals surface area contributed by atoms with Crippen molar-refractivity contribution in [3.05, 3.63) is 0 Å². The quantitative estimate of drug-likeness (QED) is 0.729. The van der Waals surface area contributed by atoms with Crippen LogP contribution in [0, 0.1) is 11.8 Å². The molecule has 2 rings (SSSR count). The van der Waals surface area contributed by atoms with E-state index in [1.165, 1.54) is 32.4 Å². The number of nitrogens with zero attached hydrogens (tertiary/aromatic N) is 1. The van der Waals surface area contributed by atoms with Crippen LogP contribution in [0.5, 0.6) is 0 Å². The second-order valence-electron chi connectivity index (χ2n) is 5.19. The van der Waals surface area contributed by atoms with Gasteiger partial charge in [0, 0.05) is 19.5 Å². The second kappa shape index (κ2) is 5.78. The average Bonchev–Trinajstić information content (AvgIpc) is 2.70. The minimum absolute atomic E-state index is 0.147. The molecular formula is C13H23NO2. The van der Waals surface area contributed by atoms with Gasteiger partial charge in [-0.2, -0.15) is 0 Å². The molecule has 0 aliphatic carbocycles. The van der Waals surface area contributed by atoms with Gasteiger partial charge in [0.1, 0.15) is 5.78 Å². The number of hydrogen-bond acceptors (Lipinski definition) is 3. The molecule has 2 saturated heterocycles. The predicted molar refractivity (Wildman–Crippen MR) is 63.4 cm³/mol. The molecule has 0 saturated carbocycles. The predicted octanol–water partition coefficient (Wildman–Crippen LogP) is 1.71. The summed E-state index contributed by atoms with van der Waals surface area (Å²) in [6, 6.07) is 0. The zero-order valence-corrected chi connectivity index (χ0v) is 10.3. The van der Waals surface area contributed by atoms with Crippen molar-refractivity contribution < 1.29 is 9.53 Å². The van der Waals surface area contributed by atoms with Crippen LogP contribution < -0.4 is 0 Å². The molecule has 0 aromatic rings. The Kier molecular flexibility index (Phi) is 4.36. The van der Waals surface area contributed by atoms with Crippen LogP contribution in [0.2, 0.25) is 0 Å². The van der Waals surface area contributed by atoms with Crippen LogP contribution in [0.15, 0.2) is 0 Å². The van der Waals surface area contributed by atoms with Crippen molar-refractivity contribution in [3.63, 3.8) is 0 Å². The molecule has 3 nitrogen and oxygen atoms in total. The molecular weight excluding hydrogens is 202 g/mol. The minimum Gasteiger partial charge on any atom is -0.380 e. The van der Waals surface area contributed by atoms with Gasteiger partial charge in [-0.3, -0.25) is 4.79 Å². The maximum atomic E-state index is 11.7. The molecule has 2 fully saturated rings. The summed E-state index contributed by atoms with van der Waals surface area (Å²) < 4.78 is 5.39. The van der Waals surface area contributed by atoms with E-state index in [1.54, 1.807) is 0 Å². The number of carbonyl (C=O) groups excluding carboxylic acids is 1. The number of carbonyl (C=O) groups is 1. The molecule has 0 amide bonds. The van der Waals surface area contributed by atoms with Crippen LogP contribution >= 0.6 is 0 Å². The van der Waals surface area contributed by atoms with E-state index in [-0.39, 0.29) is 5.92 Å². The largest absolute Gasteiger partial charge is 0.380 e. The van der Waals surface area contributed by atoms with Crippen molar-refractivity contribution >= 4 is 5.78 Å². The monoisotopic (exact) mass is 225 g/mol. The first-order valence-electron chi connectivity index (χ1n) is 6.62. The lowest BCUT2D eigenvalue weighted by atomic mass is 10.00. The van der Waals surface area contributed by atoms with Gasteiger partial charge in [0.05, 0.1) is 19.1 Å². The molecule has 2 aliphatic heterocycles. The Morgan fingerprint density at radius 3 is 3.12 bits per heavy atom. The molecule has 2 aliphatic rings. The number of ketones is 1. The molecule has 2 unspecified atom stereocenters. The molecule has 92 valence electrons. The third kappa shape index (κ3) is 3.05. The fourth-order valence-corrected chi connectivity index (χ4v) is 2.88. The van der Waals surface area contributed by atoms with Crippen LogP contribution in [0.4, 0.5) is 0 Å². The van der Waals surface area contributed by atoms with Gasteiger partial charge < -0.3 is 9.64 Å². The van der Waals surface area contributed by atoms with E-state index in [4.69, 9.17) is 4.74 Å². The van der Waals surface area contributed by atoms with Crippen molar-refractivity contribution in [1.29, 1.82) is 0 Å². The fraction of sp³-hybridized carbons (Fsp3) is 0.923. The molecule has 16 heavy (non-hydrogen) atoms. The molecule has 2 atom stereocenters. The molecule has 0 bridgehead atoms. The highest BCUT2D eigenvalue weighted by molar-refractivity contribution is 5.82. The van der Waals surface area contributed by atoms with Crippen LogP contribution in [0.3, 0.4) is 0 Å². The fourth-order valence-electron chi connectivity index (χ4n) is 2.88. The first-order chi connectivity index (χ1) is 7.79. The number of Topliss-reactive ketones (excluding diaryl/α,β-unsaturated/α-hetero) is 1. The zero-order valence-electron chi connectivity index (χ0n) is 10.3. The molecule has 2 heterocycles. The molecule has 0 aromatic carbocycles. The van der Waals surface area contributed by atoms with Crippen molar-refractivity contribution in [2.24, 2.45) is 11.8 Å². The molecule has 0 spiro atoms. The Labute approximate surface area is 98.1 Å². The van der Waals surface area contributed by atoms with E-state index in [0.717, 1.165) is 12.5 Å². The lowest BCUT2D eigenvalue weighted by Crippen LogP contribution is -2.37. The summed E-state index contributed by atoms with van der Waals surface area (Å²) in [6.45, 7) is 6.83. The summed E-state index contributed by atoms with van der Waals surface area (Å²) in [6.07, 6.45) is 4.56. The van der Waals surface area contributed by atoms with Gasteiger partial charge in [-0.05, 0) is 25.3 Å². The first-order valence-corrected chi connectivity index (χ1v) is 6.62. The number of rotatable bonds is 4. The Balaban J connectivity index is 1.75. The second-order valence-corrected chi connectivity index (χ2v) is 5.19. The summed E-state index contributed by atoms with van der Waals surface area (Å²) >= 11 is 0. The molecule has 0 aromatic heterocycles. The van der Waals surface area contributed by atoms with Gasteiger partial charge in [-0.25, -0.2) is 0 Å².